The Balaban J connectivity index is 2.06. The lowest BCUT2D eigenvalue weighted by Crippen LogP contribution is -2.63. The summed E-state index contributed by atoms with van der Waals surface area (Å²) in [6.07, 6.45) is 0. The van der Waals surface area contributed by atoms with Crippen molar-refractivity contribution >= 4 is 11.8 Å². The SMILES string of the molecule is CC(=O)N1CC2(CNC[C@H]2C(=O)N(C)C)C1. The van der Waals surface area contributed by atoms with E-state index in [2.05, 4.69) is 5.32 Å². The van der Waals surface area contributed by atoms with E-state index >= 15 is 0 Å². The number of rotatable bonds is 1. The average Bonchev–Trinajstić information content (AvgIpc) is 2.57. The second-order valence-electron chi connectivity index (χ2n) is 5.15. The zero-order valence-electron chi connectivity index (χ0n) is 10.1. The quantitative estimate of drug-likeness (QED) is 0.632. The molecule has 2 rings (SSSR count). The van der Waals surface area contributed by atoms with Crippen molar-refractivity contribution < 1.29 is 9.59 Å². The minimum Gasteiger partial charge on any atom is -0.349 e. The molecule has 1 atom stereocenters. The number of carbonyl (C=O) groups excluding carboxylic acids is 2. The average molecular weight is 225 g/mol. The molecule has 5 nitrogen and oxygen atoms in total. The first-order chi connectivity index (χ1) is 7.46. The minimum absolute atomic E-state index is 0.00692. The molecular weight excluding hydrogens is 206 g/mol. The van der Waals surface area contributed by atoms with Gasteiger partial charge in [0, 0.05) is 52.6 Å². The van der Waals surface area contributed by atoms with Crippen molar-refractivity contribution in [3.8, 4) is 0 Å². The molecule has 2 heterocycles. The first-order valence-electron chi connectivity index (χ1n) is 5.64. The Labute approximate surface area is 95.8 Å². The molecule has 0 aromatic carbocycles. The standard InChI is InChI=1S/C11H19N3O2/c1-8(15)14-6-11(7-14)5-12-4-9(11)10(16)13(2)3/h9,12H,4-7H2,1-3H3/t9-/m0/s1. The van der Waals surface area contributed by atoms with Crippen molar-refractivity contribution in [1.29, 1.82) is 0 Å². The molecule has 0 aliphatic carbocycles. The summed E-state index contributed by atoms with van der Waals surface area (Å²) in [5.41, 5.74) is -0.00692. The highest BCUT2D eigenvalue weighted by atomic mass is 16.2. The van der Waals surface area contributed by atoms with E-state index < -0.39 is 0 Å². The second kappa shape index (κ2) is 3.73. The Morgan fingerprint density at radius 1 is 1.38 bits per heavy atom. The Morgan fingerprint density at radius 2 is 2.00 bits per heavy atom. The van der Waals surface area contributed by atoms with Gasteiger partial charge in [0.2, 0.25) is 11.8 Å². The van der Waals surface area contributed by atoms with Crippen LogP contribution < -0.4 is 5.32 Å². The summed E-state index contributed by atoms with van der Waals surface area (Å²) in [6, 6.07) is 0. The van der Waals surface area contributed by atoms with Crippen LogP contribution in [0.2, 0.25) is 0 Å². The lowest BCUT2D eigenvalue weighted by atomic mass is 9.71. The summed E-state index contributed by atoms with van der Waals surface area (Å²) < 4.78 is 0. The largest absolute Gasteiger partial charge is 0.349 e. The van der Waals surface area contributed by atoms with E-state index in [1.54, 1.807) is 25.9 Å². The Hall–Kier alpha value is -1.10. The Bertz CT molecular complexity index is 321. The number of hydrogen-bond acceptors (Lipinski definition) is 3. The first kappa shape index (κ1) is 11.4. The fraction of sp³-hybridized carbons (Fsp3) is 0.818. The van der Waals surface area contributed by atoms with Gasteiger partial charge in [0.05, 0.1) is 5.92 Å². The molecule has 16 heavy (non-hydrogen) atoms. The van der Waals surface area contributed by atoms with E-state index in [1.165, 1.54) is 0 Å². The highest BCUT2D eigenvalue weighted by Gasteiger charge is 2.55. The van der Waals surface area contributed by atoms with Gasteiger partial charge < -0.3 is 15.1 Å². The predicted molar refractivity (Wildman–Crippen MR) is 59.7 cm³/mol. The van der Waals surface area contributed by atoms with Crippen molar-refractivity contribution in [2.24, 2.45) is 11.3 Å². The summed E-state index contributed by atoms with van der Waals surface area (Å²) in [4.78, 5) is 26.7. The van der Waals surface area contributed by atoms with E-state index in [1.807, 2.05) is 4.90 Å². The summed E-state index contributed by atoms with van der Waals surface area (Å²) in [5, 5.41) is 3.27. The molecule has 90 valence electrons. The second-order valence-corrected chi connectivity index (χ2v) is 5.15. The predicted octanol–water partition coefficient (Wildman–Crippen LogP) is -0.857. The van der Waals surface area contributed by atoms with E-state index in [4.69, 9.17) is 0 Å². The summed E-state index contributed by atoms with van der Waals surface area (Å²) in [6.45, 7) is 4.61. The lowest BCUT2D eigenvalue weighted by molar-refractivity contribution is -0.151. The zero-order valence-corrected chi connectivity index (χ0v) is 10.1. The lowest BCUT2D eigenvalue weighted by Gasteiger charge is -2.50. The fourth-order valence-electron chi connectivity index (χ4n) is 2.73. The topological polar surface area (TPSA) is 52.7 Å². The maximum atomic E-state index is 12.0. The van der Waals surface area contributed by atoms with Crippen LogP contribution in [0.25, 0.3) is 0 Å². The molecule has 0 saturated carbocycles. The third kappa shape index (κ3) is 1.59. The van der Waals surface area contributed by atoms with Gasteiger partial charge in [0.25, 0.3) is 0 Å². The molecule has 1 N–H and O–H groups in total. The maximum Gasteiger partial charge on any atom is 0.227 e. The maximum absolute atomic E-state index is 12.0. The number of likely N-dealkylation sites (tertiary alicyclic amines) is 1. The van der Waals surface area contributed by atoms with Gasteiger partial charge in [-0.25, -0.2) is 0 Å². The number of nitrogens with zero attached hydrogens (tertiary/aromatic N) is 2. The molecule has 2 fully saturated rings. The van der Waals surface area contributed by atoms with Gasteiger partial charge in [-0.1, -0.05) is 0 Å². The Morgan fingerprint density at radius 3 is 2.50 bits per heavy atom. The number of nitrogens with one attached hydrogen (secondary N) is 1. The molecular formula is C11H19N3O2. The van der Waals surface area contributed by atoms with E-state index in [9.17, 15) is 9.59 Å². The van der Waals surface area contributed by atoms with Crippen molar-refractivity contribution in [2.45, 2.75) is 6.92 Å². The number of hydrogen-bond donors (Lipinski definition) is 1. The Kier molecular flexibility index (Phi) is 2.66. The van der Waals surface area contributed by atoms with Gasteiger partial charge in [-0.05, 0) is 0 Å². The van der Waals surface area contributed by atoms with Gasteiger partial charge >= 0.3 is 0 Å². The van der Waals surface area contributed by atoms with Crippen LogP contribution in [-0.4, -0.2) is 61.9 Å². The fourth-order valence-corrected chi connectivity index (χ4v) is 2.73. The molecule has 0 unspecified atom stereocenters. The molecule has 0 aromatic rings. The van der Waals surface area contributed by atoms with Crippen LogP contribution in [0.5, 0.6) is 0 Å². The molecule has 2 amide bonds. The highest BCUT2D eigenvalue weighted by molar-refractivity contribution is 5.81. The highest BCUT2D eigenvalue weighted by Crippen LogP contribution is 2.41. The van der Waals surface area contributed by atoms with Gasteiger partial charge in [-0.15, -0.1) is 0 Å². The summed E-state index contributed by atoms with van der Waals surface area (Å²) >= 11 is 0. The van der Waals surface area contributed by atoms with Crippen molar-refractivity contribution in [3.63, 3.8) is 0 Å². The van der Waals surface area contributed by atoms with Crippen molar-refractivity contribution in [2.75, 3.05) is 40.3 Å². The molecule has 0 bridgehead atoms. The summed E-state index contributed by atoms with van der Waals surface area (Å²) in [5.74, 6) is 0.305. The third-order valence-electron chi connectivity index (χ3n) is 3.76. The van der Waals surface area contributed by atoms with Crippen LogP contribution in [0.3, 0.4) is 0 Å². The van der Waals surface area contributed by atoms with Crippen LogP contribution in [0, 0.1) is 11.3 Å². The van der Waals surface area contributed by atoms with Crippen LogP contribution >= 0.6 is 0 Å². The molecule has 1 spiro atoms. The van der Waals surface area contributed by atoms with Crippen molar-refractivity contribution in [3.05, 3.63) is 0 Å². The smallest absolute Gasteiger partial charge is 0.227 e. The van der Waals surface area contributed by atoms with Gasteiger partial charge in [-0.2, -0.15) is 0 Å². The van der Waals surface area contributed by atoms with Gasteiger partial charge in [0.15, 0.2) is 0 Å². The number of carbonyl (C=O) groups is 2. The van der Waals surface area contributed by atoms with Crippen molar-refractivity contribution in [1.82, 2.24) is 15.1 Å². The third-order valence-corrected chi connectivity index (χ3v) is 3.76. The minimum atomic E-state index is -0.00692. The monoisotopic (exact) mass is 225 g/mol. The molecule has 0 aromatic heterocycles. The van der Waals surface area contributed by atoms with Crippen LogP contribution in [0.1, 0.15) is 6.92 Å². The molecule has 2 saturated heterocycles. The van der Waals surface area contributed by atoms with Crippen LogP contribution in [0.4, 0.5) is 0 Å². The normalized spacial score (nSPS) is 26.7. The summed E-state index contributed by atoms with van der Waals surface area (Å²) in [7, 11) is 3.57. The molecule has 2 aliphatic heterocycles. The zero-order chi connectivity index (χ0) is 11.9. The molecule has 0 radical (unpaired) electrons. The van der Waals surface area contributed by atoms with E-state index in [-0.39, 0.29) is 23.1 Å². The molecule has 5 heteroatoms. The van der Waals surface area contributed by atoms with E-state index in [0.29, 0.717) is 0 Å². The van der Waals surface area contributed by atoms with Gasteiger partial charge in [0.1, 0.15) is 0 Å². The number of amides is 2. The first-order valence-corrected chi connectivity index (χ1v) is 5.64. The van der Waals surface area contributed by atoms with Gasteiger partial charge in [-0.3, -0.25) is 9.59 Å². The van der Waals surface area contributed by atoms with E-state index in [0.717, 1.165) is 26.2 Å². The van der Waals surface area contributed by atoms with Crippen LogP contribution in [-0.2, 0) is 9.59 Å². The molecule has 2 aliphatic rings. The van der Waals surface area contributed by atoms with Crippen LogP contribution in [0.15, 0.2) is 0 Å².